The van der Waals surface area contributed by atoms with Crippen LogP contribution in [0.4, 0.5) is 5.69 Å². The van der Waals surface area contributed by atoms with Crippen molar-refractivity contribution in [3.63, 3.8) is 0 Å². The summed E-state index contributed by atoms with van der Waals surface area (Å²) in [6, 6.07) is 12.3. The molecular weight excluding hydrogens is 317 g/mol. The molecule has 0 bridgehead atoms. The topological polar surface area (TPSA) is 29.1 Å². The second-order valence-corrected chi connectivity index (χ2v) is 5.57. The number of rotatable bonds is 4. The maximum absolute atomic E-state index is 11.9. The number of hydrogen-bond acceptors (Lipinski definition) is 1. The van der Waals surface area contributed by atoms with Crippen LogP contribution in [0.15, 0.2) is 42.5 Å². The summed E-state index contributed by atoms with van der Waals surface area (Å²) in [5.41, 5.74) is 1.59. The number of halogens is 3. The molecule has 2 aromatic carbocycles. The number of carbonyl (C=O) groups excluding carboxylic acids is 1. The van der Waals surface area contributed by atoms with Crippen molar-refractivity contribution in [3.8, 4) is 0 Å². The molecule has 0 saturated carbocycles. The first-order valence-electron chi connectivity index (χ1n) is 6.04. The Bertz CT molecular complexity index is 628. The highest BCUT2D eigenvalue weighted by molar-refractivity contribution is 6.35. The fourth-order valence-electron chi connectivity index (χ4n) is 1.76. The second-order valence-electron chi connectivity index (χ2n) is 4.29. The van der Waals surface area contributed by atoms with Crippen LogP contribution in [-0.2, 0) is 11.2 Å². The van der Waals surface area contributed by atoms with E-state index < -0.39 is 0 Å². The average molecular weight is 329 g/mol. The first kappa shape index (κ1) is 15.2. The van der Waals surface area contributed by atoms with Crippen LogP contribution >= 0.6 is 34.8 Å². The zero-order chi connectivity index (χ0) is 14.5. The van der Waals surface area contributed by atoms with E-state index in [0.717, 1.165) is 5.56 Å². The van der Waals surface area contributed by atoms with Crippen molar-refractivity contribution >= 4 is 46.4 Å². The van der Waals surface area contributed by atoms with Crippen LogP contribution in [0, 0.1) is 0 Å². The van der Waals surface area contributed by atoms with Gasteiger partial charge in [0.25, 0.3) is 0 Å². The molecule has 0 atom stereocenters. The molecule has 0 unspecified atom stereocenters. The van der Waals surface area contributed by atoms with Gasteiger partial charge >= 0.3 is 0 Å². The van der Waals surface area contributed by atoms with Gasteiger partial charge in [-0.2, -0.15) is 0 Å². The third-order valence-corrected chi connectivity index (χ3v) is 3.57. The summed E-state index contributed by atoms with van der Waals surface area (Å²) in [6.07, 6.45) is 0.899. The van der Waals surface area contributed by atoms with Crippen LogP contribution < -0.4 is 5.32 Å². The van der Waals surface area contributed by atoms with Crippen LogP contribution in [0.3, 0.4) is 0 Å². The van der Waals surface area contributed by atoms with Gasteiger partial charge in [-0.25, -0.2) is 0 Å². The Hall–Kier alpha value is -1.22. The predicted molar refractivity (Wildman–Crippen MR) is 84.9 cm³/mol. The molecule has 0 aliphatic heterocycles. The number of aryl methyl sites for hydroxylation is 1. The van der Waals surface area contributed by atoms with Crippen molar-refractivity contribution < 1.29 is 4.79 Å². The Balaban J connectivity index is 1.92. The van der Waals surface area contributed by atoms with E-state index in [-0.39, 0.29) is 5.91 Å². The van der Waals surface area contributed by atoms with E-state index in [1.165, 1.54) is 0 Å². The van der Waals surface area contributed by atoms with Crippen molar-refractivity contribution in [1.82, 2.24) is 0 Å². The molecule has 1 amide bonds. The molecule has 0 aromatic heterocycles. The Morgan fingerprint density at radius 3 is 2.45 bits per heavy atom. The molecule has 0 aliphatic rings. The fourth-order valence-corrected chi connectivity index (χ4v) is 2.46. The van der Waals surface area contributed by atoms with Gasteiger partial charge in [-0.3, -0.25) is 4.79 Å². The second kappa shape index (κ2) is 6.98. The van der Waals surface area contributed by atoms with Crippen molar-refractivity contribution in [2.75, 3.05) is 5.32 Å². The minimum absolute atomic E-state index is 0.0849. The third kappa shape index (κ3) is 4.41. The number of hydrogen-bond donors (Lipinski definition) is 1. The van der Waals surface area contributed by atoms with Gasteiger partial charge in [-0.05, 0) is 42.3 Å². The molecule has 104 valence electrons. The number of nitrogens with one attached hydrogen (secondary N) is 1. The highest BCUT2D eigenvalue weighted by atomic mass is 35.5. The van der Waals surface area contributed by atoms with Crippen LogP contribution in [0.5, 0.6) is 0 Å². The Labute approximate surface area is 132 Å². The zero-order valence-corrected chi connectivity index (χ0v) is 12.8. The van der Waals surface area contributed by atoms with Gasteiger partial charge in [0.1, 0.15) is 0 Å². The minimum Gasteiger partial charge on any atom is -0.326 e. The van der Waals surface area contributed by atoms with Crippen molar-refractivity contribution in [1.29, 1.82) is 0 Å². The summed E-state index contributed by atoms with van der Waals surface area (Å²) in [5, 5.41) is 4.54. The van der Waals surface area contributed by atoms with E-state index in [9.17, 15) is 4.79 Å². The number of amides is 1. The molecule has 0 aliphatic carbocycles. The van der Waals surface area contributed by atoms with E-state index in [2.05, 4.69) is 5.32 Å². The summed E-state index contributed by atoms with van der Waals surface area (Å²) in [6.45, 7) is 0. The van der Waals surface area contributed by atoms with Crippen LogP contribution in [0.25, 0.3) is 0 Å². The Morgan fingerprint density at radius 2 is 1.75 bits per heavy atom. The molecule has 0 fully saturated rings. The Kier molecular flexibility index (Phi) is 5.30. The van der Waals surface area contributed by atoms with E-state index in [1.54, 1.807) is 36.4 Å². The zero-order valence-electron chi connectivity index (χ0n) is 10.5. The lowest BCUT2D eigenvalue weighted by atomic mass is 10.1. The van der Waals surface area contributed by atoms with E-state index in [0.29, 0.717) is 33.6 Å². The minimum atomic E-state index is -0.0849. The molecular formula is C15H12Cl3NO. The molecule has 1 N–H and O–H groups in total. The fraction of sp³-hybridized carbons (Fsp3) is 0.133. The van der Waals surface area contributed by atoms with Gasteiger partial charge in [0, 0.05) is 27.2 Å². The lowest BCUT2D eigenvalue weighted by molar-refractivity contribution is -0.116. The highest BCUT2D eigenvalue weighted by Crippen LogP contribution is 2.22. The van der Waals surface area contributed by atoms with Crippen molar-refractivity contribution in [2.24, 2.45) is 0 Å². The molecule has 2 aromatic rings. The number of benzene rings is 2. The summed E-state index contributed by atoms with van der Waals surface area (Å²) < 4.78 is 0. The van der Waals surface area contributed by atoms with Gasteiger partial charge in [0.2, 0.25) is 5.91 Å². The Morgan fingerprint density at radius 1 is 1.00 bits per heavy atom. The molecule has 20 heavy (non-hydrogen) atoms. The van der Waals surface area contributed by atoms with Gasteiger partial charge in [0.05, 0.1) is 0 Å². The normalized spacial score (nSPS) is 10.3. The van der Waals surface area contributed by atoms with Gasteiger partial charge in [0.15, 0.2) is 0 Å². The predicted octanol–water partition coefficient (Wildman–Crippen LogP) is 5.22. The molecule has 5 heteroatoms. The lowest BCUT2D eigenvalue weighted by Crippen LogP contribution is -2.12. The molecule has 2 rings (SSSR count). The summed E-state index contributed by atoms with van der Waals surface area (Å²) >= 11 is 17.7. The molecule has 0 spiro atoms. The molecule has 2 nitrogen and oxygen atoms in total. The summed E-state index contributed by atoms with van der Waals surface area (Å²) in [4.78, 5) is 11.9. The smallest absolute Gasteiger partial charge is 0.224 e. The van der Waals surface area contributed by atoms with Gasteiger partial charge in [-0.15, -0.1) is 0 Å². The average Bonchev–Trinajstić information content (AvgIpc) is 2.37. The van der Waals surface area contributed by atoms with Crippen LogP contribution in [0.2, 0.25) is 15.1 Å². The monoisotopic (exact) mass is 327 g/mol. The molecule has 0 radical (unpaired) electrons. The number of carbonyl (C=O) groups is 1. The van der Waals surface area contributed by atoms with Gasteiger partial charge < -0.3 is 5.32 Å². The van der Waals surface area contributed by atoms with E-state index in [1.807, 2.05) is 6.07 Å². The summed E-state index contributed by atoms with van der Waals surface area (Å²) in [5.74, 6) is -0.0849. The van der Waals surface area contributed by atoms with Crippen molar-refractivity contribution in [3.05, 3.63) is 63.1 Å². The largest absolute Gasteiger partial charge is 0.326 e. The standard InChI is InChI=1S/C15H12Cl3NO/c16-11-2-1-3-13(8-11)19-15(20)7-5-10-4-6-12(17)9-14(10)18/h1-4,6,8-9H,5,7H2,(H,19,20). The van der Waals surface area contributed by atoms with E-state index in [4.69, 9.17) is 34.8 Å². The van der Waals surface area contributed by atoms with Crippen LogP contribution in [-0.4, -0.2) is 5.91 Å². The third-order valence-electron chi connectivity index (χ3n) is 2.74. The van der Waals surface area contributed by atoms with Gasteiger partial charge in [-0.1, -0.05) is 46.9 Å². The number of anilines is 1. The first-order chi connectivity index (χ1) is 9.54. The quantitative estimate of drug-likeness (QED) is 0.819. The maximum Gasteiger partial charge on any atom is 0.224 e. The highest BCUT2D eigenvalue weighted by Gasteiger charge is 2.06. The summed E-state index contributed by atoms with van der Waals surface area (Å²) in [7, 11) is 0. The lowest BCUT2D eigenvalue weighted by Gasteiger charge is -2.07. The first-order valence-corrected chi connectivity index (χ1v) is 7.17. The van der Waals surface area contributed by atoms with Crippen LogP contribution in [0.1, 0.15) is 12.0 Å². The SMILES string of the molecule is O=C(CCc1ccc(Cl)cc1Cl)Nc1cccc(Cl)c1. The van der Waals surface area contributed by atoms with E-state index >= 15 is 0 Å². The maximum atomic E-state index is 11.9. The molecule has 0 heterocycles. The van der Waals surface area contributed by atoms with Crippen molar-refractivity contribution in [2.45, 2.75) is 12.8 Å². The molecule has 0 saturated heterocycles.